The maximum Gasteiger partial charge on any atom is 0.312 e. The molecule has 0 fully saturated rings. The maximum atomic E-state index is 12.7. The highest BCUT2D eigenvalue weighted by molar-refractivity contribution is 6.14. The molecule has 38 heavy (non-hydrogen) atoms. The second-order valence-electron chi connectivity index (χ2n) is 9.18. The van der Waals surface area contributed by atoms with E-state index in [9.17, 15) is 33.6 Å². The van der Waals surface area contributed by atoms with Gasteiger partial charge in [-0.2, -0.15) is 0 Å². The van der Waals surface area contributed by atoms with Gasteiger partial charge in [0.25, 0.3) is 11.8 Å². The van der Waals surface area contributed by atoms with Gasteiger partial charge in [0.2, 0.25) is 23.6 Å². The number of rotatable bonds is 17. The molecule has 0 aromatic heterocycles. The molecule has 212 valence electrons. The van der Waals surface area contributed by atoms with Crippen LogP contribution in [0.25, 0.3) is 0 Å². The average Bonchev–Trinajstić information content (AvgIpc) is 3.15. The van der Waals surface area contributed by atoms with Crippen molar-refractivity contribution in [3.63, 3.8) is 0 Å². The van der Waals surface area contributed by atoms with Crippen molar-refractivity contribution in [1.29, 1.82) is 0 Å². The summed E-state index contributed by atoms with van der Waals surface area (Å²) in [4.78, 5) is 84.3. The Bertz CT molecular complexity index is 917. The topological polar surface area (TPSA) is 229 Å². The summed E-state index contributed by atoms with van der Waals surface area (Å²) in [5.74, 6) is -3.65. The lowest BCUT2D eigenvalue weighted by atomic mass is 9.88. The smallest absolute Gasteiger partial charge is 0.312 e. The van der Waals surface area contributed by atoms with Crippen LogP contribution in [0.1, 0.15) is 39.5 Å². The Morgan fingerprint density at radius 1 is 0.921 bits per heavy atom. The molecule has 1 heterocycles. The Morgan fingerprint density at radius 2 is 1.53 bits per heavy atom. The third-order valence-corrected chi connectivity index (χ3v) is 5.57. The van der Waals surface area contributed by atoms with Gasteiger partial charge in [-0.15, -0.1) is 0 Å². The van der Waals surface area contributed by atoms with Gasteiger partial charge < -0.3 is 37.4 Å². The number of carbonyl (C=O) groups excluding carboxylic acids is 7. The SMILES string of the molecule is CC(C)(CCO)C(=O)NCCC(NC(=O)CN1C(=O)C=CC1=O)C(=O)NCC(=O)NCCCCNC(N)=O. The molecule has 8 N–H and O–H groups in total. The predicted molar refractivity (Wildman–Crippen MR) is 134 cm³/mol. The second-order valence-corrected chi connectivity index (χ2v) is 9.18. The maximum absolute atomic E-state index is 12.7. The van der Waals surface area contributed by atoms with Gasteiger partial charge in [-0.25, -0.2) is 4.79 Å². The number of nitrogens with zero attached hydrogens (tertiary/aromatic N) is 1. The molecular weight excluding hydrogens is 502 g/mol. The molecule has 1 atom stereocenters. The molecule has 0 spiro atoms. The van der Waals surface area contributed by atoms with Gasteiger partial charge in [-0.05, 0) is 25.7 Å². The minimum atomic E-state index is -1.18. The summed E-state index contributed by atoms with van der Waals surface area (Å²) in [5, 5.41) is 21.6. The number of unbranched alkanes of at least 4 members (excludes halogenated alkanes) is 1. The van der Waals surface area contributed by atoms with E-state index in [2.05, 4.69) is 26.6 Å². The number of imide groups is 1. The van der Waals surface area contributed by atoms with Crippen molar-refractivity contribution in [3.05, 3.63) is 12.2 Å². The second kappa shape index (κ2) is 16.0. The van der Waals surface area contributed by atoms with Gasteiger partial charge in [-0.3, -0.25) is 33.7 Å². The van der Waals surface area contributed by atoms with Crippen LogP contribution in [0, 0.1) is 5.41 Å². The van der Waals surface area contributed by atoms with Gasteiger partial charge in [0.15, 0.2) is 0 Å². The molecule has 1 aliphatic heterocycles. The number of aliphatic hydroxyl groups is 1. The van der Waals surface area contributed by atoms with Crippen LogP contribution in [0.3, 0.4) is 0 Å². The summed E-state index contributed by atoms with van der Waals surface area (Å²) in [6.07, 6.45) is 3.37. The number of aliphatic hydroxyl groups excluding tert-OH is 1. The van der Waals surface area contributed by atoms with E-state index in [1.807, 2.05) is 0 Å². The van der Waals surface area contributed by atoms with Crippen molar-refractivity contribution in [1.82, 2.24) is 31.5 Å². The number of amides is 8. The molecule has 15 nitrogen and oxygen atoms in total. The number of primary amides is 1. The fourth-order valence-electron chi connectivity index (χ4n) is 3.24. The molecule has 1 aliphatic rings. The van der Waals surface area contributed by atoms with Crippen LogP contribution in [0.2, 0.25) is 0 Å². The zero-order valence-corrected chi connectivity index (χ0v) is 21.6. The summed E-state index contributed by atoms with van der Waals surface area (Å²) in [5.41, 5.74) is 4.10. The number of urea groups is 1. The number of hydrogen-bond acceptors (Lipinski definition) is 8. The first kappa shape index (κ1) is 32.0. The Balaban J connectivity index is 2.63. The first-order valence-electron chi connectivity index (χ1n) is 12.2. The lowest BCUT2D eigenvalue weighted by Gasteiger charge is -2.24. The van der Waals surface area contributed by atoms with E-state index >= 15 is 0 Å². The Labute approximate surface area is 220 Å². The minimum absolute atomic E-state index is 0.0132. The van der Waals surface area contributed by atoms with Crippen molar-refractivity contribution >= 4 is 41.5 Å². The standard InChI is InChI=1S/C23H37N7O8/c1-23(2,8-12-31)21(37)26-11-7-15(29-17(33)14-30-18(34)5-6-19(30)35)20(36)28-13-16(32)25-9-3-4-10-27-22(24)38/h5-6,15,31H,3-4,7-14H2,1-2H3,(H,25,32)(H,26,37)(H,28,36)(H,29,33)(H3,24,27,38). The molecule has 1 unspecified atom stereocenters. The fourth-order valence-corrected chi connectivity index (χ4v) is 3.24. The molecule has 0 bridgehead atoms. The molecule has 0 saturated heterocycles. The number of nitrogens with two attached hydrogens (primary N) is 1. The lowest BCUT2D eigenvalue weighted by molar-refractivity contribution is -0.141. The summed E-state index contributed by atoms with van der Waals surface area (Å²) in [6.45, 7) is 2.78. The van der Waals surface area contributed by atoms with E-state index in [0.29, 0.717) is 30.8 Å². The monoisotopic (exact) mass is 539 g/mol. The number of nitrogens with one attached hydrogen (secondary N) is 5. The Kier molecular flexibility index (Phi) is 13.4. The van der Waals surface area contributed by atoms with Crippen LogP contribution in [0.5, 0.6) is 0 Å². The summed E-state index contributed by atoms with van der Waals surface area (Å²) in [6, 6.07) is -1.82. The molecule has 0 saturated carbocycles. The van der Waals surface area contributed by atoms with E-state index in [4.69, 9.17) is 10.8 Å². The van der Waals surface area contributed by atoms with E-state index in [1.54, 1.807) is 13.8 Å². The normalized spacial score (nSPS) is 13.6. The third-order valence-electron chi connectivity index (χ3n) is 5.57. The highest BCUT2D eigenvalue weighted by Gasteiger charge is 2.29. The lowest BCUT2D eigenvalue weighted by Crippen LogP contribution is -2.52. The third kappa shape index (κ3) is 11.8. The molecule has 1 rings (SSSR count). The van der Waals surface area contributed by atoms with E-state index < -0.39 is 53.6 Å². The van der Waals surface area contributed by atoms with Gasteiger partial charge in [0.05, 0.1) is 6.54 Å². The first-order valence-corrected chi connectivity index (χ1v) is 12.2. The van der Waals surface area contributed by atoms with Gasteiger partial charge in [0, 0.05) is 43.8 Å². The molecule has 0 aromatic rings. The zero-order chi connectivity index (χ0) is 28.7. The van der Waals surface area contributed by atoms with Gasteiger partial charge >= 0.3 is 6.03 Å². The molecular formula is C23H37N7O8. The molecule has 0 radical (unpaired) electrons. The summed E-state index contributed by atoms with van der Waals surface area (Å²) >= 11 is 0. The predicted octanol–water partition coefficient (Wildman–Crippen LogP) is -3.01. The number of hydrogen-bond donors (Lipinski definition) is 7. The van der Waals surface area contributed by atoms with Crippen LogP contribution in [0.4, 0.5) is 4.79 Å². The molecule has 0 aromatic carbocycles. The van der Waals surface area contributed by atoms with Crippen LogP contribution < -0.4 is 32.3 Å². The minimum Gasteiger partial charge on any atom is -0.396 e. The van der Waals surface area contributed by atoms with Crippen molar-refractivity contribution in [2.24, 2.45) is 11.1 Å². The molecule has 15 heteroatoms. The van der Waals surface area contributed by atoms with E-state index in [1.165, 1.54) is 0 Å². The Morgan fingerprint density at radius 3 is 2.11 bits per heavy atom. The quantitative estimate of drug-likeness (QED) is 0.0742. The highest BCUT2D eigenvalue weighted by Crippen LogP contribution is 2.19. The molecule has 8 amide bonds. The van der Waals surface area contributed by atoms with Crippen LogP contribution >= 0.6 is 0 Å². The van der Waals surface area contributed by atoms with Gasteiger partial charge in [0.1, 0.15) is 12.6 Å². The van der Waals surface area contributed by atoms with Crippen molar-refractivity contribution in [2.45, 2.75) is 45.6 Å². The van der Waals surface area contributed by atoms with Crippen molar-refractivity contribution in [2.75, 3.05) is 39.3 Å². The summed E-state index contributed by atoms with van der Waals surface area (Å²) < 4.78 is 0. The molecule has 0 aliphatic carbocycles. The van der Waals surface area contributed by atoms with Crippen molar-refractivity contribution < 1.29 is 38.7 Å². The van der Waals surface area contributed by atoms with E-state index in [-0.39, 0.29) is 38.4 Å². The largest absolute Gasteiger partial charge is 0.396 e. The van der Waals surface area contributed by atoms with Crippen LogP contribution in [-0.4, -0.2) is 96.9 Å². The van der Waals surface area contributed by atoms with Crippen LogP contribution in [0.15, 0.2) is 12.2 Å². The van der Waals surface area contributed by atoms with Crippen molar-refractivity contribution in [3.8, 4) is 0 Å². The van der Waals surface area contributed by atoms with Gasteiger partial charge in [-0.1, -0.05) is 13.8 Å². The first-order chi connectivity index (χ1) is 17.9. The average molecular weight is 540 g/mol. The summed E-state index contributed by atoms with van der Waals surface area (Å²) in [7, 11) is 0. The highest BCUT2D eigenvalue weighted by atomic mass is 16.3. The Hall–Kier alpha value is -4.01. The van der Waals surface area contributed by atoms with E-state index in [0.717, 1.165) is 12.2 Å². The fraction of sp³-hybridized carbons (Fsp3) is 0.609. The van der Waals surface area contributed by atoms with Crippen LogP contribution in [-0.2, 0) is 28.8 Å². The zero-order valence-electron chi connectivity index (χ0n) is 21.6. The number of carbonyl (C=O) groups is 7.